The highest BCUT2D eigenvalue weighted by molar-refractivity contribution is 5.70. The third kappa shape index (κ3) is 2.02. The number of nitrogens with zero attached hydrogens (tertiary/aromatic N) is 7. The summed E-state index contributed by atoms with van der Waals surface area (Å²) in [5, 5.41) is 8.44. The molecule has 0 bridgehead atoms. The average Bonchev–Trinajstić information content (AvgIpc) is 3.10. The normalized spacial score (nSPS) is 17.6. The Morgan fingerprint density at radius 2 is 2.04 bits per heavy atom. The van der Waals surface area contributed by atoms with E-state index < -0.39 is 0 Å². The summed E-state index contributed by atoms with van der Waals surface area (Å²) in [5.41, 5.74) is 2.96. The first-order valence-corrected chi connectivity index (χ1v) is 8.22. The molecule has 0 spiro atoms. The summed E-state index contributed by atoms with van der Waals surface area (Å²) in [5.74, 6) is 2.47. The van der Waals surface area contributed by atoms with Crippen LogP contribution in [0.4, 0.5) is 5.82 Å². The zero-order valence-corrected chi connectivity index (χ0v) is 13.6. The van der Waals surface area contributed by atoms with Gasteiger partial charge in [-0.1, -0.05) is 13.0 Å². The van der Waals surface area contributed by atoms with Crippen LogP contribution in [0.15, 0.2) is 61.0 Å². The van der Waals surface area contributed by atoms with Crippen molar-refractivity contribution in [2.45, 2.75) is 19.4 Å². The van der Waals surface area contributed by atoms with E-state index in [-0.39, 0.29) is 6.04 Å². The lowest BCUT2D eigenvalue weighted by Crippen LogP contribution is -2.35. The second kappa shape index (κ2) is 5.34. The van der Waals surface area contributed by atoms with Crippen LogP contribution < -0.4 is 4.90 Å². The van der Waals surface area contributed by atoms with Crippen molar-refractivity contribution in [3.8, 4) is 17.1 Å². The molecule has 4 heterocycles. The Kier molecular flexibility index (Phi) is 3.00. The number of hydrogen-bond donors (Lipinski definition) is 0. The van der Waals surface area contributed by atoms with Crippen molar-refractivity contribution in [1.82, 2.24) is 29.7 Å². The van der Waals surface area contributed by atoms with Gasteiger partial charge in [0.2, 0.25) is 0 Å². The molecule has 5 rings (SSSR count). The first kappa shape index (κ1) is 14.0. The van der Waals surface area contributed by atoms with E-state index in [0.29, 0.717) is 5.82 Å². The van der Waals surface area contributed by atoms with Crippen LogP contribution in [0.2, 0.25) is 0 Å². The molecule has 0 unspecified atom stereocenters. The third-order valence-corrected chi connectivity index (χ3v) is 4.56. The molecule has 0 N–H and O–H groups in total. The average molecular weight is 329 g/mol. The number of hydrogen-bond acceptors (Lipinski definition) is 6. The maximum atomic E-state index is 4.88. The molecule has 1 aliphatic carbocycles. The molecule has 7 nitrogen and oxygen atoms in total. The van der Waals surface area contributed by atoms with E-state index in [4.69, 9.17) is 4.98 Å². The van der Waals surface area contributed by atoms with Gasteiger partial charge in [-0.05, 0) is 30.7 Å². The summed E-state index contributed by atoms with van der Waals surface area (Å²) < 4.78 is 1.99. The fourth-order valence-electron chi connectivity index (χ4n) is 3.28. The Labute approximate surface area is 144 Å². The number of anilines is 1. The minimum Gasteiger partial charge on any atom is -0.314 e. The third-order valence-electron chi connectivity index (χ3n) is 4.56. The zero-order chi connectivity index (χ0) is 16.8. The highest BCUT2D eigenvalue weighted by atomic mass is 15.4. The second-order valence-electron chi connectivity index (χ2n) is 5.94. The number of fused-ring (bicyclic) bond motifs is 3. The number of pyridine rings is 1. The van der Waals surface area contributed by atoms with Gasteiger partial charge < -0.3 is 4.90 Å². The SMILES string of the molecule is CC[C@@H]1c2nncn2-c2cnc(-c3ccncc3)nc2N1C1=CC=C1. The van der Waals surface area contributed by atoms with Crippen molar-refractivity contribution < 1.29 is 0 Å². The van der Waals surface area contributed by atoms with Crippen LogP contribution in [-0.2, 0) is 0 Å². The smallest absolute Gasteiger partial charge is 0.162 e. The van der Waals surface area contributed by atoms with Gasteiger partial charge in [0, 0.05) is 23.7 Å². The molecule has 3 aromatic heterocycles. The van der Waals surface area contributed by atoms with Crippen molar-refractivity contribution in [3.63, 3.8) is 0 Å². The summed E-state index contributed by atoms with van der Waals surface area (Å²) >= 11 is 0. The van der Waals surface area contributed by atoms with Crippen LogP contribution in [0.5, 0.6) is 0 Å². The van der Waals surface area contributed by atoms with Crippen LogP contribution >= 0.6 is 0 Å². The summed E-state index contributed by atoms with van der Waals surface area (Å²) in [6.07, 6.45) is 14.2. The molecule has 3 aromatic rings. The monoisotopic (exact) mass is 329 g/mol. The van der Waals surface area contributed by atoms with Crippen LogP contribution in [0.3, 0.4) is 0 Å². The molecule has 25 heavy (non-hydrogen) atoms. The molecule has 1 aliphatic heterocycles. The van der Waals surface area contributed by atoms with Crippen LogP contribution in [0, 0.1) is 0 Å². The van der Waals surface area contributed by atoms with E-state index in [9.17, 15) is 0 Å². The molecule has 0 amide bonds. The summed E-state index contributed by atoms with van der Waals surface area (Å²) in [6, 6.07) is 3.92. The Hall–Kier alpha value is -3.35. The van der Waals surface area contributed by atoms with Gasteiger partial charge in [0.05, 0.1) is 12.2 Å². The van der Waals surface area contributed by atoms with Crippen molar-refractivity contribution in [1.29, 1.82) is 0 Å². The summed E-state index contributed by atoms with van der Waals surface area (Å²) in [6.45, 7) is 2.15. The molecular weight excluding hydrogens is 314 g/mol. The van der Waals surface area contributed by atoms with Crippen LogP contribution in [0.25, 0.3) is 17.1 Å². The molecule has 0 radical (unpaired) electrons. The van der Waals surface area contributed by atoms with E-state index in [1.165, 1.54) is 0 Å². The highest BCUT2D eigenvalue weighted by Gasteiger charge is 2.35. The fraction of sp³-hybridized carbons (Fsp3) is 0.167. The molecule has 2 aliphatic rings. The second-order valence-corrected chi connectivity index (χ2v) is 5.94. The van der Waals surface area contributed by atoms with Gasteiger partial charge >= 0.3 is 0 Å². The van der Waals surface area contributed by atoms with E-state index in [2.05, 4.69) is 44.1 Å². The maximum absolute atomic E-state index is 4.88. The highest BCUT2D eigenvalue weighted by Crippen LogP contribution is 2.42. The summed E-state index contributed by atoms with van der Waals surface area (Å²) in [4.78, 5) is 15.7. The standard InChI is InChI=1S/C18H15N7/c1-2-14-18-23-21-11-24(18)15-10-20-16(12-6-8-19-9-7-12)22-17(15)25(14)13-4-3-5-13/h3-11,14H,2H2,1H3/t14-/m1/s1. The molecule has 0 saturated carbocycles. The van der Waals surface area contributed by atoms with Gasteiger partial charge in [0.15, 0.2) is 17.5 Å². The Morgan fingerprint density at radius 1 is 1.20 bits per heavy atom. The van der Waals surface area contributed by atoms with Crippen molar-refractivity contribution in [2.75, 3.05) is 4.90 Å². The minimum atomic E-state index is 0.0893. The summed E-state index contributed by atoms with van der Waals surface area (Å²) in [7, 11) is 0. The van der Waals surface area contributed by atoms with Crippen molar-refractivity contribution in [2.24, 2.45) is 0 Å². The maximum Gasteiger partial charge on any atom is 0.162 e. The predicted molar refractivity (Wildman–Crippen MR) is 92.9 cm³/mol. The first-order chi connectivity index (χ1) is 12.4. The van der Waals surface area contributed by atoms with Gasteiger partial charge in [-0.15, -0.1) is 10.2 Å². The van der Waals surface area contributed by atoms with Crippen molar-refractivity contribution in [3.05, 3.63) is 66.8 Å². The molecule has 122 valence electrons. The minimum absolute atomic E-state index is 0.0893. The van der Waals surface area contributed by atoms with E-state index in [1.807, 2.05) is 29.0 Å². The molecular formula is C18H15N7. The van der Waals surface area contributed by atoms with E-state index in [0.717, 1.165) is 35.0 Å². The van der Waals surface area contributed by atoms with Gasteiger partial charge in [0.25, 0.3) is 0 Å². The largest absolute Gasteiger partial charge is 0.314 e. The molecule has 0 aromatic carbocycles. The van der Waals surface area contributed by atoms with Gasteiger partial charge in [-0.2, -0.15) is 0 Å². The number of allylic oxidation sites excluding steroid dienone is 3. The lowest BCUT2D eigenvalue weighted by atomic mass is 10.0. The number of rotatable bonds is 3. The lowest BCUT2D eigenvalue weighted by Gasteiger charge is -2.38. The van der Waals surface area contributed by atoms with Gasteiger partial charge in [0.1, 0.15) is 12.0 Å². The molecule has 7 heteroatoms. The Balaban J connectivity index is 1.73. The Morgan fingerprint density at radius 3 is 2.76 bits per heavy atom. The molecule has 0 saturated heterocycles. The molecule has 0 fully saturated rings. The number of aromatic nitrogens is 6. The van der Waals surface area contributed by atoms with E-state index >= 15 is 0 Å². The lowest BCUT2D eigenvalue weighted by molar-refractivity contribution is 0.576. The quantitative estimate of drug-likeness (QED) is 0.736. The molecule has 1 atom stereocenters. The zero-order valence-electron chi connectivity index (χ0n) is 13.6. The fourth-order valence-corrected chi connectivity index (χ4v) is 3.28. The van der Waals surface area contributed by atoms with Crippen molar-refractivity contribution >= 4 is 5.82 Å². The predicted octanol–water partition coefficient (Wildman–Crippen LogP) is 2.84. The van der Waals surface area contributed by atoms with Gasteiger partial charge in [-0.3, -0.25) is 9.55 Å². The van der Waals surface area contributed by atoms with Crippen LogP contribution in [-0.4, -0.2) is 29.7 Å². The van der Waals surface area contributed by atoms with Crippen LogP contribution in [0.1, 0.15) is 25.2 Å². The van der Waals surface area contributed by atoms with Gasteiger partial charge in [-0.25, -0.2) is 9.97 Å². The first-order valence-electron chi connectivity index (χ1n) is 8.22. The van der Waals surface area contributed by atoms with E-state index in [1.54, 1.807) is 18.7 Å². The topological polar surface area (TPSA) is 72.6 Å². The Bertz CT molecular complexity index is 1000.